The molecule has 1 saturated heterocycles. The van der Waals surface area contributed by atoms with Gasteiger partial charge in [-0.1, -0.05) is 6.92 Å². The Kier molecular flexibility index (Phi) is 6.49. The van der Waals surface area contributed by atoms with Crippen molar-refractivity contribution in [2.75, 3.05) is 32.8 Å². The molecule has 6 nitrogen and oxygen atoms in total. The van der Waals surface area contributed by atoms with Gasteiger partial charge in [0.2, 0.25) is 11.8 Å². The first kappa shape index (κ1) is 15.6. The SMILES string of the molecule is CCCN(CCN1C(=O)CCC1=O)CC(=O)OCC. The quantitative estimate of drug-likeness (QED) is 0.472. The summed E-state index contributed by atoms with van der Waals surface area (Å²) in [5.74, 6) is -0.495. The Balaban J connectivity index is 2.42. The van der Waals surface area contributed by atoms with E-state index >= 15 is 0 Å². The third kappa shape index (κ3) is 4.98. The minimum atomic E-state index is -0.268. The lowest BCUT2D eigenvalue weighted by atomic mass is 10.3. The third-order valence-electron chi connectivity index (χ3n) is 2.99. The molecule has 0 saturated carbocycles. The molecule has 0 aromatic rings. The molecule has 2 amide bonds. The first-order valence-corrected chi connectivity index (χ1v) is 6.79. The molecule has 1 fully saturated rings. The predicted octanol–water partition coefficient (Wildman–Crippen LogP) is 0.410. The van der Waals surface area contributed by atoms with Crippen molar-refractivity contribution < 1.29 is 19.1 Å². The number of hydrogen-bond donors (Lipinski definition) is 0. The van der Waals surface area contributed by atoms with E-state index in [4.69, 9.17) is 4.74 Å². The van der Waals surface area contributed by atoms with E-state index in [1.54, 1.807) is 6.92 Å². The number of carbonyl (C=O) groups excluding carboxylic acids is 3. The van der Waals surface area contributed by atoms with Crippen LogP contribution in [0.1, 0.15) is 33.1 Å². The molecule has 1 rings (SSSR count). The maximum atomic E-state index is 11.5. The summed E-state index contributed by atoms with van der Waals surface area (Å²) in [6.45, 7) is 5.98. The van der Waals surface area contributed by atoms with Crippen molar-refractivity contribution in [3.63, 3.8) is 0 Å². The van der Waals surface area contributed by atoms with E-state index in [9.17, 15) is 14.4 Å². The number of carbonyl (C=O) groups is 3. The zero-order valence-corrected chi connectivity index (χ0v) is 11.7. The van der Waals surface area contributed by atoms with Crippen molar-refractivity contribution in [2.24, 2.45) is 0 Å². The van der Waals surface area contributed by atoms with Gasteiger partial charge in [-0.15, -0.1) is 0 Å². The number of rotatable bonds is 8. The minimum absolute atomic E-state index is 0.113. The van der Waals surface area contributed by atoms with Gasteiger partial charge in [0.25, 0.3) is 0 Å². The van der Waals surface area contributed by atoms with Crippen molar-refractivity contribution in [1.29, 1.82) is 0 Å². The van der Waals surface area contributed by atoms with Gasteiger partial charge in [-0.25, -0.2) is 0 Å². The molecule has 0 aliphatic carbocycles. The number of ether oxygens (including phenoxy) is 1. The first-order valence-electron chi connectivity index (χ1n) is 6.79. The van der Waals surface area contributed by atoms with E-state index in [1.165, 1.54) is 4.90 Å². The molecule has 0 aromatic heterocycles. The summed E-state index contributed by atoms with van der Waals surface area (Å²) in [4.78, 5) is 37.6. The van der Waals surface area contributed by atoms with Gasteiger partial charge in [0.15, 0.2) is 0 Å². The van der Waals surface area contributed by atoms with Gasteiger partial charge in [-0.3, -0.25) is 24.2 Å². The van der Waals surface area contributed by atoms with Crippen LogP contribution in [0.4, 0.5) is 0 Å². The molecule has 6 heteroatoms. The summed E-state index contributed by atoms with van der Waals surface area (Å²) in [7, 11) is 0. The molecule has 0 atom stereocenters. The van der Waals surface area contributed by atoms with E-state index in [-0.39, 0.29) is 24.3 Å². The molecule has 1 heterocycles. The van der Waals surface area contributed by atoms with E-state index < -0.39 is 0 Å². The van der Waals surface area contributed by atoms with Gasteiger partial charge in [-0.2, -0.15) is 0 Å². The van der Waals surface area contributed by atoms with Crippen LogP contribution in [-0.4, -0.2) is 60.4 Å². The van der Waals surface area contributed by atoms with Crippen LogP contribution in [0.15, 0.2) is 0 Å². The molecule has 0 spiro atoms. The van der Waals surface area contributed by atoms with Crippen molar-refractivity contribution in [3.05, 3.63) is 0 Å². The summed E-state index contributed by atoms with van der Waals surface area (Å²) in [6.07, 6.45) is 1.52. The van der Waals surface area contributed by atoms with Crippen LogP contribution in [0.2, 0.25) is 0 Å². The van der Waals surface area contributed by atoms with Crippen LogP contribution in [-0.2, 0) is 19.1 Å². The monoisotopic (exact) mass is 270 g/mol. The maximum Gasteiger partial charge on any atom is 0.320 e. The van der Waals surface area contributed by atoms with E-state index in [0.29, 0.717) is 32.5 Å². The second-order valence-electron chi connectivity index (χ2n) is 4.52. The second-order valence-corrected chi connectivity index (χ2v) is 4.52. The van der Waals surface area contributed by atoms with Crippen LogP contribution in [0.25, 0.3) is 0 Å². The first-order chi connectivity index (χ1) is 9.08. The van der Waals surface area contributed by atoms with Gasteiger partial charge in [0.1, 0.15) is 0 Å². The van der Waals surface area contributed by atoms with Crippen LogP contribution in [0, 0.1) is 0 Å². The average molecular weight is 270 g/mol. The number of imide groups is 1. The maximum absolute atomic E-state index is 11.5. The largest absolute Gasteiger partial charge is 0.465 e. The third-order valence-corrected chi connectivity index (χ3v) is 2.99. The molecular formula is C13H22N2O4. The standard InChI is InChI=1S/C13H22N2O4/c1-3-7-14(10-13(18)19-4-2)8-9-15-11(16)5-6-12(15)17/h3-10H2,1-2H3. The molecule has 19 heavy (non-hydrogen) atoms. The fourth-order valence-corrected chi connectivity index (χ4v) is 2.09. The molecule has 0 aromatic carbocycles. The fourth-order valence-electron chi connectivity index (χ4n) is 2.09. The number of likely N-dealkylation sites (tertiary alicyclic amines) is 1. The highest BCUT2D eigenvalue weighted by Crippen LogP contribution is 2.11. The van der Waals surface area contributed by atoms with Gasteiger partial charge in [0, 0.05) is 25.9 Å². The molecule has 1 aliphatic heterocycles. The highest BCUT2D eigenvalue weighted by Gasteiger charge is 2.28. The van der Waals surface area contributed by atoms with Crippen LogP contribution in [0.3, 0.4) is 0 Å². The Morgan fingerprint density at radius 3 is 2.37 bits per heavy atom. The topological polar surface area (TPSA) is 66.9 Å². The van der Waals surface area contributed by atoms with Gasteiger partial charge < -0.3 is 4.74 Å². The number of nitrogens with zero attached hydrogens (tertiary/aromatic N) is 2. The van der Waals surface area contributed by atoms with E-state index in [1.807, 2.05) is 11.8 Å². The van der Waals surface area contributed by atoms with E-state index in [0.717, 1.165) is 13.0 Å². The minimum Gasteiger partial charge on any atom is -0.465 e. The van der Waals surface area contributed by atoms with Crippen LogP contribution < -0.4 is 0 Å². The molecule has 1 aliphatic rings. The molecule has 108 valence electrons. The molecule has 0 unspecified atom stereocenters. The normalized spacial score (nSPS) is 15.4. The summed E-state index contributed by atoms with van der Waals surface area (Å²) >= 11 is 0. The molecule has 0 bridgehead atoms. The Morgan fingerprint density at radius 1 is 1.21 bits per heavy atom. The van der Waals surface area contributed by atoms with Crippen molar-refractivity contribution >= 4 is 17.8 Å². The van der Waals surface area contributed by atoms with Gasteiger partial charge in [0.05, 0.1) is 13.2 Å². The lowest BCUT2D eigenvalue weighted by Gasteiger charge is -2.23. The Hall–Kier alpha value is -1.43. The van der Waals surface area contributed by atoms with Gasteiger partial charge >= 0.3 is 5.97 Å². The molecule has 0 N–H and O–H groups in total. The Bertz CT molecular complexity index is 328. The Labute approximate surface area is 113 Å². The Morgan fingerprint density at radius 2 is 1.84 bits per heavy atom. The summed E-state index contributed by atoms with van der Waals surface area (Å²) in [6, 6.07) is 0. The highest BCUT2D eigenvalue weighted by molar-refractivity contribution is 6.01. The van der Waals surface area contributed by atoms with Crippen molar-refractivity contribution in [1.82, 2.24) is 9.80 Å². The zero-order chi connectivity index (χ0) is 14.3. The zero-order valence-electron chi connectivity index (χ0n) is 11.7. The fraction of sp³-hybridized carbons (Fsp3) is 0.769. The predicted molar refractivity (Wildman–Crippen MR) is 69.3 cm³/mol. The van der Waals surface area contributed by atoms with Gasteiger partial charge in [-0.05, 0) is 19.9 Å². The average Bonchev–Trinajstić information content (AvgIpc) is 2.67. The highest BCUT2D eigenvalue weighted by atomic mass is 16.5. The smallest absolute Gasteiger partial charge is 0.320 e. The van der Waals surface area contributed by atoms with Crippen LogP contribution in [0.5, 0.6) is 0 Å². The van der Waals surface area contributed by atoms with E-state index in [2.05, 4.69) is 0 Å². The summed E-state index contributed by atoms with van der Waals surface area (Å²) < 4.78 is 4.90. The number of amides is 2. The lowest BCUT2D eigenvalue weighted by molar-refractivity contribution is -0.144. The van der Waals surface area contributed by atoms with Crippen molar-refractivity contribution in [2.45, 2.75) is 33.1 Å². The lowest BCUT2D eigenvalue weighted by Crippen LogP contribution is -2.40. The molecular weight excluding hydrogens is 248 g/mol. The number of esters is 1. The van der Waals surface area contributed by atoms with Crippen molar-refractivity contribution in [3.8, 4) is 0 Å². The number of hydrogen-bond acceptors (Lipinski definition) is 5. The summed E-state index contributed by atoms with van der Waals surface area (Å²) in [5.41, 5.74) is 0. The van der Waals surface area contributed by atoms with Crippen LogP contribution >= 0.6 is 0 Å². The summed E-state index contributed by atoms with van der Waals surface area (Å²) in [5, 5.41) is 0. The second kappa shape index (κ2) is 7.89. The molecule has 0 radical (unpaired) electrons.